The normalized spacial score (nSPS) is 10.3. The largest absolute Gasteiger partial charge is 0.492 e. The minimum atomic E-state index is -0.0774. The Labute approximate surface area is 137 Å². The highest BCUT2D eigenvalue weighted by Crippen LogP contribution is 2.24. The minimum Gasteiger partial charge on any atom is -0.492 e. The highest BCUT2D eigenvalue weighted by Gasteiger charge is 2.09. The lowest BCUT2D eigenvalue weighted by Gasteiger charge is -2.15. The molecule has 0 saturated carbocycles. The van der Waals surface area contributed by atoms with Crippen LogP contribution in [0.25, 0.3) is 0 Å². The molecule has 0 radical (unpaired) electrons. The number of aryl methyl sites for hydroxylation is 3. The maximum atomic E-state index is 12.2. The predicted molar refractivity (Wildman–Crippen MR) is 95.4 cm³/mol. The van der Waals surface area contributed by atoms with Gasteiger partial charge in [-0.1, -0.05) is 29.8 Å². The number of benzene rings is 2. The van der Waals surface area contributed by atoms with Crippen LogP contribution in [0.5, 0.6) is 5.75 Å². The molecule has 0 heterocycles. The molecule has 0 spiro atoms. The Morgan fingerprint density at radius 2 is 1.74 bits per heavy atom. The number of nitrogens with one attached hydrogen (secondary N) is 2. The Hall–Kier alpha value is -2.49. The summed E-state index contributed by atoms with van der Waals surface area (Å²) >= 11 is 0. The molecular formula is C19H24N2O2. The molecule has 122 valence electrons. The van der Waals surface area contributed by atoms with E-state index < -0.39 is 0 Å². The summed E-state index contributed by atoms with van der Waals surface area (Å²) in [5, 5.41) is 6.12. The van der Waals surface area contributed by atoms with E-state index in [-0.39, 0.29) is 12.5 Å². The number of hydrogen-bond acceptors (Lipinski definition) is 3. The third-order valence-corrected chi connectivity index (χ3v) is 3.57. The van der Waals surface area contributed by atoms with E-state index in [2.05, 4.69) is 29.7 Å². The fourth-order valence-electron chi connectivity index (χ4n) is 2.63. The van der Waals surface area contributed by atoms with Crippen LogP contribution in [-0.2, 0) is 4.79 Å². The van der Waals surface area contributed by atoms with Crippen LogP contribution in [0.3, 0.4) is 0 Å². The van der Waals surface area contributed by atoms with E-state index >= 15 is 0 Å². The first-order valence-corrected chi connectivity index (χ1v) is 7.84. The summed E-state index contributed by atoms with van der Waals surface area (Å²) in [6, 6.07) is 11.8. The number of amides is 1. The van der Waals surface area contributed by atoms with Crippen molar-refractivity contribution in [2.24, 2.45) is 0 Å². The van der Waals surface area contributed by atoms with Crippen molar-refractivity contribution in [3.63, 3.8) is 0 Å². The molecule has 0 aliphatic heterocycles. The van der Waals surface area contributed by atoms with Crippen molar-refractivity contribution >= 4 is 17.3 Å². The number of rotatable bonds is 6. The lowest BCUT2D eigenvalue weighted by atomic mass is 10.1. The zero-order valence-corrected chi connectivity index (χ0v) is 14.2. The summed E-state index contributed by atoms with van der Waals surface area (Å²) in [6.07, 6.45) is 0. The van der Waals surface area contributed by atoms with Gasteiger partial charge in [-0.05, 0) is 51.0 Å². The van der Waals surface area contributed by atoms with E-state index in [1.54, 1.807) is 0 Å². The van der Waals surface area contributed by atoms with Gasteiger partial charge in [-0.15, -0.1) is 0 Å². The second-order valence-corrected chi connectivity index (χ2v) is 5.60. The molecule has 0 atom stereocenters. The average molecular weight is 312 g/mol. The Bertz CT molecular complexity index is 673. The molecule has 2 aromatic carbocycles. The quantitative estimate of drug-likeness (QED) is 0.845. The number of ether oxygens (including phenoxy) is 1. The van der Waals surface area contributed by atoms with E-state index in [0.29, 0.717) is 6.61 Å². The monoisotopic (exact) mass is 312 g/mol. The van der Waals surface area contributed by atoms with Gasteiger partial charge in [0.25, 0.3) is 0 Å². The molecule has 2 N–H and O–H groups in total. The summed E-state index contributed by atoms with van der Waals surface area (Å²) in [5.74, 6) is 0.678. The van der Waals surface area contributed by atoms with Crippen molar-refractivity contribution in [2.45, 2.75) is 27.7 Å². The van der Waals surface area contributed by atoms with Gasteiger partial charge >= 0.3 is 0 Å². The van der Waals surface area contributed by atoms with E-state index in [9.17, 15) is 4.79 Å². The second-order valence-electron chi connectivity index (χ2n) is 5.60. The van der Waals surface area contributed by atoms with E-state index in [4.69, 9.17) is 4.74 Å². The minimum absolute atomic E-state index is 0.0774. The molecule has 0 fully saturated rings. The average Bonchev–Trinajstić information content (AvgIpc) is 2.50. The fourth-order valence-corrected chi connectivity index (χ4v) is 2.63. The lowest BCUT2D eigenvalue weighted by molar-refractivity contribution is -0.114. The smallest absolute Gasteiger partial charge is 0.243 e. The van der Waals surface area contributed by atoms with Crippen molar-refractivity contribution < 1.29 is 9.53 Å². The summed E-state index contributed by atoms with van der Waals surface area (Å²) in [4.78, 5) is 12.2. The molecule has 0 aliphatic rings. The Morgan fingerprint density at radius 1 is 1.09 bits per heavy atom. The van der Waals surface area contributed by atoms with Gasteiger partial charge in [0.05, 0.1) is 18.8 Å². The highest BCUT2D eigenvalue weighted by atomic mass is 16.5. The summed E-state index contributed by atoms with van der Waals surface area (Å²) < 4.78 is 5.54. The molecule has 0 aromatic heterocycles. The first kappa shape index (κ1) is 16.9. The topological polar surface area (TPSA) is 50.4 Å². The Balaban J connectivity index is 2.01. The van der Waals surface area contributed by atoms with Gasteiger partial charge in [0.1, 0.15) is 5.75 Å². The standard InChI is InChI=1S/C19H24N2O2/c1-5-23-17-9-7-6-8-16(17)20-12-18(22)21-19-14(3)10-13(2)11-15(19)4/h6-11,20H,5,12H2,1-4H3,(H,21,22). The van der Waals surface area contributed by atoms with Gasteiger partial charge in [0.2, 0.25) is 5.91 Å². The molecule has 0 unspecified atom stereocenters. The highest BCUT2D eigenvalue weighted by molar-refractivity contribution is 5.95. The third kappa shape index (κ3) is 4.49. The zero-order valence-electron chi connectivity index (χ0n) is 14.2. The molecule has 2 rings (SSSR count). The fraction of sp³-hybridized carbons (Fsp3) is 0.316. The Morgan fingerprint density at radius 3 is 2.39 bits per heavy atom. The van der Waals surface area contributed by atoms with E-state index in [1.165, 1.54) is 5.56 Å². The predicted octanol–water partition coefficient (Wildman–Crippen LogP) is 4.06. The molecule has 0 aliphatic carbocycles. The summed E-state index contributed by atoms with van der Waals surface area (Å²) in [7, 11) is 0. The van der Waals surface area contributed by atoms with Gasteiger partial charge in [0.15, 0.2) is 0 Å². The van der Waals surface area contributed by atoms with Crippen LogP contribution in [-0.4, -0.2) is 19.1 Å². The number of anilines is 2. The van der Waals surface area contributed by atoms with Crippen LogP contribution in [0.1, 0.15) is 23.6 Å². The zero-order chi connectivity index (χ0) is 16.8. The van der Waals surface area contributed by atoms with Crippen LogP contribution < -0.4 is 15.4 Å². The van der Waals surface area contributed by atoms with Gasteiger partial charge < -0.3 is 15.4 Å². The van der Waals surface area contributed by atoms with Crippen molar-refractivity contribution in [3.8, 4) is 5.75 Å². The summed E-state index contributed by atoms with van der Waals surface area (Å²) in [5.41, 5.74) is 5.06. The maximum Gasteiger partial charge on any atom is 0.243 e. The molecular weight excluding hydrogens is 288 g/mol. The molecule has 23 heavy (non-hydrogen) atoms. The van der Waals surface area contributed by atoms with Gasteiger partial charge in [0, 0.05) is 5.69 Å². The van der Waals surface area contributed by atoms with Crippen molar-refractivity contribution in [2.75, 3.05) is 23.8 Å². The van der Waals surface area contributed by atoms with E-state index in [1.807, 2.05) is 45.0 Å². The van der Waals surface area contributed by atoms with E-state index in [0.717, 1.165) is 28.3 Å². The third-order valence-electron chi connectivity index (χ3n) is 3.57. The van der Waals surface area contributed by atoms with Crippen molar-refractivity contribution in [1.82, 2.24) is 0 Å². The Kier molecular flexibility index (Phi) is 5.63. The van der Waals surface area contributed by atoms with Crippen LogP contribution >= 0.6 is 0 Å². The summed E-state index contributed by atoms with van der Waals surface area (Å²) in [6.45, 7) is 8.79. The SMILES string of the molecule is CCOc1ccccc1NCC(=O)Nc1c(C)cc(C)cc1C. The number of para-hydroxylation sites is 2. The number of carbonyl (C=O) groups excluding carboxylic acids is 1. The molecule has 0 bridgehead atoms. The number of carbonyl (C=O) groups is 1. The molecule has 4 nitrogen and oxygen atoms in total. The van der Waals surface area contributed by atoms with Crippen LogP contribution in [0.2, 0.25) is 0 Å². The van der Waals surface area contributed by atoms with Crippen molar-refractivity contribution in [1.29, 1.82) is 0 Å². The molecule has 1 amide bonds. The molecule has 4 heteroatoms. The van der Waals surface area contributed by atoms with Crippen molar-refractivity contribution in [3.05, 3.63) is 53.1 Å². The first-order chi connectivity index (χ1) is 11.0. The van der Waals surface area contributed by atoms with Crippen LogP contribution in [0.4, 0.5) is 11.4 Å². The van der Waals surface area contributed by atoms with Crippen LogP contribution in [0, 0.1) is 20.8 Å². The van der Waals surface area contributed by atoms with Crippen LogP contribution in [0.15, 0.2) is 36.4 Å². The molecule has 0 saturated heterocycles. The second kappa shape index (κ2) is 7.68. The molecule has 2 aromatic rings. The van der Waals surface area contributed by atoms with Gasteiger partial charge in [-0.25, -0.2) is 0 Å². The van der Waals surface area contributed by atoms with Gasteiger partial charge in [-0.2, -0.15) is 0 Å². The number of hydrogen-bond donors (Lipinski definition) is 2. The lowest BCUT2D eigenvalue weighted by Crippen LogP contribution is -2.23. The van der Waals surface area contributed by atoms with Gasteiger partial charge in [-0.3, -0.25) is 4.79 Å². The first-order valence-electron chi connectivity index (χ1n) is 7.84. The maximum absolute atomic E-state index is 12.2.